The SMILES string of the molecule is COC(=O)c1ccc(/C=C/COc2ccccc2)cc1. The Labute approximate surface area is 118 Å². The number of rotatable bonds is 5. The van der Waals surface area contributed by atoms with Crippen molar-refractivity contribution in [3.8, 4) is 5.75 Å². The van der Waals surface area contributed by atoms with Gasteiger partial charge < -0.3 is 9.47 Å². The topological polar surface area (TPSA) is 35.5 Å². The summed E-state index contributed by atoms with van der Waals surface area (Å²) in [7, 11) is 1.37. The zero-order valence-electron chi connectivity index (χ0n) is 11.3. The molecule has 0 fully saturated rings. The average molecular weight is 268 g/mol. The third-order valence-electron chi connectivity index (χ3n) is 2.73. The van der Waals surface area contributed by atoms with E-state index >= 15 is 0 Å². The van der Waals surface area contributed by atoms with Gasteiger partial charge in [-0.1, -0.05) is 36.4 Å². The molecule has 2 aromatic carbocycles. The summed E-state index contributed by atoms with van der Waals surface area (Å²) in [5.74, 6) is 0.520. The van der Waals surface area contributed by atoms with Crippen molar-refractivity contribution in [2.45, 2.75) is 0 Å². The molecule has 0 spiro atoms. The second-order valence-corrected chi connectivity index (χ2v) is 4.14. The highest BCUT2D eigenvalue weighted by molar-refractivity contribution is 5.89. The Morgan fingerprint density at radius 2 is 1.75 bits per heavy atom. The van der Waals surface area contributed by atoms with Gasteiger partial charge in [-0.3, -0.25) is 0 Å². The maximum absolute atomic E-state index is 11.3. The van der Waals surface area contributed by atoms with Crippen LogP contribution in [-0.4, -0.2) is 19.7 Å². The van der Waals surface area contributed by atoms with Crippen molar-refractivity contribution in [3.05, 3.63) is 71.8 Å². The molecule has 0 N–H and O–H groups in total. The van der Waals surface area contributed by atoms with Crippen LogP contribution < -0.4 is 4.74 Å². The van der Waals surface area contributed by atoms with E-state index in [1.54, 1.807) is 12.1 Å². The van der Waals surface area contributed by atoms with Gasteiger partial charge in [0.15, 0.2) is 0 Å². The number of para-hydroxylation sites is 1. The van der Waals surface area contributed by atoms with Crippen molar-refractivity contribution in [2.24, 2.45) is 0 Å². The molecule has 3 heteroatoms. The summed E-state index contributed by atoms with van der Waals surface area (Å²) < 4.78 is 10.2. The van der Waals surface area contributed by atoms with Crippen LogP contribution in [0.2, 0.25) is 0 Å². The monoisotopic (exact) mass is 268 g/mol. The maximum atomic E-state index is 11.3. The van der Waals surface area contributed by atoms with Crippen LogP contribution in [0.1, 0.15) is 15.9 Å². The number of carbonyl (C=O) groups excluding carboxylic acids is 1. The first-order valence-corrected chi connectivity index (χ1v) is 6.32. The van der Waals surface area contributed by atoms with Gasteiger partial charge in [-0.15, -0.1) is 0 Å². The number of methoxy groups -OCH3 is 1. The fraction of sp³-hybridized carbons (Fsp3) is 0.118. The van der Waals surface area contributed by atoms with E-state index in [4.69, 9.17) is 4.74 Å². The predicted octanol–water partition coefficient (Wildman–Crippen LogP) is 3.57. The lowest BCUT2D eigenvalue weighted by atomic mass is 10.1. The van der Waals surface area contributed by atoms with E-state index < -0.39 is 0 Å². The summed E-state index contributed by atoms with van der Waals surface area (Å²) >= 11 is 0. The zero-order chi connectivity index (χ0) is 14.2. The third kappa shape index (κ3) is 3.99. The van der Waals surface area contributed by atoms with E-state index in [9.17, 15) is 4.79 Å². The second kappa shape index (κ2) is 7.14. The highest BCUT2D eigenvalue weighted by Crippen LogP contribution is 2.09. The highest BCUT2D eigenvalue weighted by Gasteiger charge is 2.02. The quantitative estimate of drug-likeness (QED) is 0.778. The molecular weight excluding hydrogens is 252 g/mol. The van der Waals surface area contributed by atoms with Gasteiger partial charge in [0.25, 0.3) is 0 Å². The molecule has 0 amide bonds. The Hall–Kier alpha value is -2.55. The van der Waals surface area contributed by atoms with Crippen molar-refractivity contribution in [3.63, 3.8) is 0 Å². The smallest absolute Gasteiger partial charge is 0.337 e. The molecule has 0 saturated heterocycles. The van der Waals surface area contributed by atoms with Crippen LogP contribution >= 0.6 is 0 Å². The normalized spacial score (nSPS) is 10.4. The van der Waals surface area contributed by atoms with E-state index in [0.717, 1.165) is 11.3 Å². The number of hydrogen-bond donors (Lipinski definition) is 0. The first-order valence-electron chi connectivity index (χ1n) is 6.32. The van der Waals surface area contributed by atoms with Gasteiger partial charge in [-0.05, 0) is 35.9 Å². The fourth-order valence-corrected chi connectivity index (χ4v) is 1.69. The second-order valence-electron chi connectivity index (χ2n) is 4.14. The zero-order valence-corrected chi connectivity index (χ0v) is 11.3. The van der Waals surface area contributed by atoms with Crippen LogP contribution in [-0.2, 0) is 4.74 Å². The standard InChI is InChI=1S/C17H16O3/c1-19-17(18)15-11-9-14(10-12-15)6-5-13-20-16-7-3-2-4-8-16/h2-12H,13H2,1H3/b6-5+. The number of benzene rings is 2. The third-order valence-corrected chi connectivity index (χ3v) is 2.73. The van der Waals surface area contributed by atoms with Crippen molar-refractivity contribution in [1.29, 1.82) is 0 Å². The van der Waals surface area contributed by atoms with Gasteiger partial charge in [-0.25, -0.2) is 4.79 Å². The summed E-state index contributed by atoms with van der Waals surface area (Å²) in [6.07, 6.45) is 3.88. The van der Waals surface area contributed by atoms with Crippen molar-refractivity contribution < 1.29 is 14.3 Å². The molecule has 0 saturated carbocycles. The summed E-state index contributed by atoms with van der Waals surface area (Å²) in [6.45, 7) is 0.503. The Morgan fingerprint density at radius 1 is 1.05 bits per heavy atom. The maximum Gasteiger partial charge on any atom is 0.337 e. The largest absolute Gasteiger partial charge is 0.490 e. The number of esters is 1. The Balaban J connectivity index is 1.87. The van der Waals surface area contributed by atoms with Gasteiger partial charge in [0.05, 0.1) is 12.7 Å². The lowest BCUT2D eigenvalue weighted by Gasteiger charge is -2.02. The Kier molecular flexibility index (Phi) is 4.95. The molecule has 0 heterocycles. The lowest BCUT2D eigenvalue weighted by Crippen LogP contribution is -2.00. The van der Waals surface area contributed by atoms with Gasteiger partial charge >= 0.3 is 5.97 Å². The first-order chi connectivity index (χ1) is 9.79. The minimum Gasteiger partial charge on any atom is -0.490 e. The molecular formula is C17H16O3. The van der Waals surface area contributed by atoms with Gasteiger partial charge in [0.1, 0.15) is 12.4 Å². The van der Waals surface area contributed by atoms with Gasteiger partial charge in [0.2, 0.25) is 0 Å². The summed E-state index contributed by atoms with van der Waals surface area (Å²) in [6, 6.07) is 16.9. The molecule has 0 aromatic heterocycles. The van der Waals surface area contributed by atoms with E-state index in [1.165, 1.54) is 7.11 Å². The minimum atomic E-state index is -0.326. The summed E-state index contributed by atoms with van der Waals surface area (Å²) in [5, 5.41) is 0. The molecule has 0 aliphatic heterocycles. The number of hydrogen-bond acceptors (Lipinski definition) is 3. The van der Waals surface area contributed by atoms with E-state index in [1.807, 2.05) is 54.6 Å². The van der Waals surface area contributed by atoms with E-state index in [-0.39, 0.29) is 5.97 Å². The molecule has 2 aromatic rings. The molecule has 20 heavy (non-hydrogen) atoms. The molecule has 102 valence electrons. The number of ether oxygens (including phenoxy) is 2. The fourth-order valence-electron chi connectivity index (χ4n) is 1.69. The summed E-state index contributed by atoms with van der Waals surface area (Å²) in [5.41, 5.74) is 1.56. The molecule has 0 aliphatic carbocycles. The summed E-state index contributed by atoms with van der Waals surface area (Å²) in [4.78, 5) is 11.3. The van der Waals surface area contributed by atoms with Gasteiger partial charge in [-0.2, -0.15) is 0 Å². The predicted molar refractivity (Wildman–Crippen MR) is 78.8 cm³/mol. The van der Waals surface area contributed by atoms with Crippen LogP contribution in [0.4, 0.5) is 0 Å². The van der Waals surface area contributed by atoms with Crippen LogP contribution in [0.15, 0.2) is 60.7 Å². The molecule has 0 atom stereocenters. The molecule has 0 aliphatic rings. The van der Waals surface area contributed by atoms with Crippen molar-refractivity contribution in [2.75, 3.05) is 13.7 Å². The van der Waals surface area contributed by atoms with Crippen LogP contribution in [0.3, 0.4) is 0 Å². The molecule has 0 unspecified atom stereocenters. The number of carbonyl (C=O) groups is 1. The highest BCUT2D eigenvalue weighted by atomic mass is 16.5. The molecule has 0 bridgehead atoms. The lowest BCUT2D eigenvalue weighted by molar-refractivity contribution is 0.0600. The van der Waals surface area contributed by atoms with Gasteiger partial charge in [0, 0.05) is 0 Å². The average Bonchev–Trinajstić information content (AvgIpc) is 2.52. The van der Waals surface area contributed by atoms with Crippen LogP contribution in [0, 0.1) is 0 Å². The van der Waals surface area contributed by atoms with Crippen LogP contribution in [0.5, 0.6) is 5.75 Å². The van der Waals surface area contributed by atoms with Crippen LogP contribution in [0.25, 0.3) is 6.08 Å². The Bertz CT molecular complexity index is 571. The molecule has 3 nitrogen and oxygen atoms in total. The van der Waals surface area contributed by atoms with Crippen molar-refractivity contribution in [1.82, 2.24) is 0 Å². The molecule has 0 radical (unpaired) electrons. The van der Waals surface area contributed by atoms with Crippen molar-refractivity contribution >= 4 is 12.0 Å². The van der Waals surface area contributed by atoms with E-state index in [0.29, 0.717) is 12.2 Å². The van der Waals surface area contributed by atoms with E-state index in [2.05, 4.69) is 4.74 Å². The Morgan fingerprint density at radius 3 is 2.40 bits per heavy atom. The minimum absolute atomic E-state index is 0.326. The first kappa shape index (κ1) is 13.9. The molecule has 2 rings (SSSR count).